The zero-order valence-corrected chi connectivity index (χ0v) is 13.5. The molecule has 1 saturated heterocycles. The minimum atomic E-state index is 0.346. The van der Waals surface area contributed by atoms with Gasteiger partial charge in [-0.05, 0) is 44.8 Å². The van der Waals surface area contributed by atoms with E-state index in [1.807, 2.05) is 0 Å². The third kappa shape index (κ3) is 3.44. The van der Waals surface area contributed by atoms with Gasteiger partial charge in [-0.3, -0.25) is 0 Å². The number of thiophene rings is 1. The van der Waals surface area contributed by atoms with E-state index < -0.39 is 0 Å². The first-order chi connectivity index (χ1) is 10.1. The summed E-state index contributed by atoms with van der Waals surface area (Å²) in [5.74, 6) is 1.81. The van der Waals surface area contributed by atoms with Gasteiger partial charge in [-0.15, -0.1) is 11.3 Å². The van der Waals surface area contributed by atoms with Crippen LogP contribution in [0.15, 0.2) is 6.07 Å². The van der Waals surface area contributed by atoms with Crippen LogP contribution in [0.3, 0.4) is 0 Å². The van der Waals surface area contributed by atoms with Crippen LogP contribution in [0.2, 0.25) is 0 Å². The van der Waals surface area contributed by atoms with Gasteiger partial charge >= 0.3 is 0 Å². The van der Waals surface area contributed by atoms with E-state index in [9.17, 15) is 0 Å². The molecule has 0 spiro atoms. The Balaban J connectivity index is 1.66. The second kappa shape index (κ2) is 6.15. The second-order valence-corrected chi connectivity index (χ2v) is 7.23. The monoisotopic (exact) mass is 305 g/mol. The summed E-state index contributed by atoms with van der Waals surface area (Å²) in [5, 5.41) is 4.55. The first-order valence-electron chi connectivity index (χ1n) is 7.61. The van der Waals surface area contributed by atoms with Crippen molar-refractivity contribution in [3.63, 3.8) is 0 Å². The van der Waals surface area contributed by atoms with Crippen LogP contribution in [0.4, 0.5) is 11.8 Å². The smallest absolute Gasteiger partial charge is 0.223 e. The van der Waals surface area contributed by atoms with Crippen LogP contribution in [0.1, 0.15) is 24.6 Å². The number of rotatable bonds is 5. The number of anilines is 2. The number of nitrogen functional groups attached to an aromatic ring is 1. The van der Waals surface area contributed by atoms with Crippen molar-refractivity contribution in [2.75, 3.05) is 37.2 Å². The zero-order valence-electron chi connectivity index (χ0n) is 12.7. The maximum atomic E-state index is 5.81. The molecule has 6 heteroatoms. The molecule has 1 aliphatic rings. The van der Waals surface area contributed by atoms with Gasteiger partial charge in [-0.25, -0.2) is 4.98 Å². The highest BCUT2D eigenvalue weighted by atomic mass is 32.1. The lowest BCUT2D eigenvalue weighted by Crippen LogP contribution is -2.29. The predicted octanol–water partition coefficient (Wildman–Crippen LogP) is 2.73. The predicted molar refractivity (Wildman–Crippen MR) is 89.9 cm³/mol. The number of fused-ring (bicyclic) bond motifs is 1. The van der Waals surface area contributed by atoms with Gasteiger partial charge in [-0.1, -0.05) is 6.92 Å². The van der Waals surface area contributed by atoms with Gasteiger partial charge in [-0.2, -0.15) is 4.98 Å². The molecule has 1 fully saturated rings. The summed E-state index contributed by atoms with van der Waals surface area (Å²) in [6, 6.07) is 2.13. The summed E-state index contributed by atoms with van der Waals surface area (Å²) >= 11 is 1.66. The highest BCUT2D eigenvalue weighted by Crippen LogP contribution is 2.29. The van der Waals surface area contributed by atoms with Gasteiger partial charge in [0, 0.05) is 18.0 Å². The second-order valence-electron chi connectivity index (χ2n) is 6.00. The van der Waals surface area contributed by atoms with Crippen LogP contribution in [0.5, 0.6) is 0 Å². The molecule has 1 atom stereocenters. The molecule has 0 aliphatic carbocycles. The van der Waals surface area contributed by atoms with Crippen LogP contribution < -0.4 is 11.1 Å². The van der Waals surface area contributed by atoms with E-state index in [0.717, 1.165) is 29.1 Å². The largest absolute Gasteiger partial charge is 0.369 e. The van der Waals surface area contributed by atoms with E-state index in [2.05, 4.69) is 40.1 Å². The van der Waals surface area contributed by atoms with E-state index in [1.165, 1.54) is 30.8 Å². The Morgan fingerprint density at radius 1 is 1.38 bits per heavy atom. The maximum absolute atomic E-state index is 5.81. The fourth-order valence-electron chi connectivity index (χ4n) is 2.93. The molecule has 0 saturated carbocycles. The molecule has 1 aliphatic heterocycles. The van der Waals surface area contributed by atoms with Crippen molar-refractivity contribution in [3.05, 3.63) is 10.9 Å². The van der Waals surface area contributed by atoms with Gasteiger partial charge in [0.05, 0.1) is 5.39 Å². The summed E-state index contributed by atoms with van der Waals surface area (Å²) in [6.07, 6.45) is 2.69. The Hall–Kier alpha value is -1.40. The van der Waals surface area contributed by atoms with E-state index >= 15 is 0 Å². The zero-order chi connectivity index (χ0) is 14.8. The number of likely N-dealkylation sites (tertiary alicyclic amines) is 1. The van der Waals surface area contributed by atoms with E-state index in [4.69, 9.17) is 5.73 Å². The third-order valence-electron chi connectivity index (χ3n) is 3.92. The van der Waals surface area contributed by atoms with Crippen LogP contribution >= 0.6 is 11.3 Å². The molecule has 0 bridgehead atoms. The lowest BCUT2D eigenvalue weighted by molar-refractivity contribution is 0.294. The Kier molecular flexibility index (Phi) is 4.26. The van der Waals surface area contributed by atoms with Gasteiger partial charge in [0.1, 0.15) is 10.6 Å². The molecule has 0 radical (unpaired) electrons. The molecule has 1 unspecified atom stereocenters. The van der Waals surface area contributed by atoms with Gasteiger partial charge in [0.25, 0.3) is 0 Å². The lowest BCUT2D eigenvalue weighted by Gasteiger charge is -2.20. The molecule has 3 rings (SSSR count). The van der Waals surface area contributed by atoms with Crippen LogP contribution in [-0.2, 0) is 0 Å². The molecule has 0 amide bonds. The first-order valence-corrected chi connectivity index (χ1v) is 8.43. The Morgan fingerprint density at radius 2 is 2.14 bits per heavy atom. The molecule has 114 valence electrons. The molecule has 3 heterocycles. The minimum absolute atomic E-state index is 0.346. The molecule has 3 N–H and O–H groups in total. The number of hydrogen-bond donors (Lipinski definition) is 2. The highest BCUT2D eigenvalue weighted by molar-refractivity contribution is 7.18. The number of nitrogens with two attached hydrogens (primary N) is 1. The number of hydrogen-bond acceptors (Lipinski definition) is 6. The summed E-state index contributed by atoms with van der Waals surface area (Å²) in [4.78, 5) is 13.4. The molecule has 2 aromatic heterocycles. The van der Waals surface area contributed by atoms with Crippen LogP contribution in [0.25, 0.3) is 10.2 Å². The summed E-state index contributed by atoms with van der Waals surface area (Å²) < 4.78 is 0. The van der Waals surface area contributed by atoms with E-state index in [0.29, 0.717) is 11.9 Å². The minimum Gasteiger partial charge on any atom is -0.369 e. The summed E-state index contributed by atoms with van der Waals surface area (Å²) in [6.45, 7) is 8.93. The first kappa shape index (κ1) is 14.5. The fraction of sp³-hybridized carbons (Fsp3) is 0.600. The van der Waals surface area contributed by atoms with Gasteiger partial charge < -0.3 is 16.0 Å². The Morgan fingerprint density at radius 3 is 2.90 bits per heavy atom. The van der Waals surface area contributed by atoms with Gasteiger partial charge in [0.15, 0.2) is 0 Å². The van der Waals surface area contributed by atoms with Crippen LogP contribution in [-0.4, -0.2) is 41.0 Å². The average molecular weight is 305 g/mol. The highest BCUT2D eigenvalue weighted by Gasteiger charge is 2.15. The maximum Gasteiger partial charge on any atom is 0.223 e. The third-order valence-corrected chi connectivity index (χ3v) is 4.86. The normalized spacial score (nSPS) is 17.4. The van der Waals surface area contributed by atoms with Crippen LogP contribution in [0, 0.1) is 12.8 Å². The molecule has 2 aromatic rings. The Labute approximate surface area is 129 Å². The number of aryl methyl sites for hydroxylation is 1. The Bertz CT molecular complexity index is 618. The van der Waals surface area contributed by atoms with Crippen molar-refractivity contribution in [3.8, 4) is 0 Å². The number of aromatic nitrogens is 2. The van der Waals surface area contributed by atoms with Crippen molar-refractivity contribution >= 4 is 33.3 Å². The molecule has 5 nitrogen and oxygen atoms in total. The number of nitrogens with zero attached hydrogens (tertiary/aromatic N) is 3. The number of nitrogens with one attached hydrogen (secondary N) is 1. The van der Waals surface area contributed by atoms with Crippen molar-refractivity contribution in [2.24, 2.45) is 5.92 Å². The molecule has 21 heavy (non-hydrogen) atoms. The van der Waals surface area contributed by atoms with E-state index in [-0.39, 0.29) is 0 Å². The molecular formula is C15H23N5S. The van der Waals surface area contributed by atoms with Crippen molar-refractivity contribution in [2.45, 2.75) is 26.7 Å². The fourth-order valence-corrected chi connectivity index (χ4v) is 3.82. The molecular weight excluding hydrogens is 282 g/mol. The summed E-state index contributed by atoms with van der Waals surface area (Å²) in [5.41, 5.74) is 5.81. The van der Waals surface area contributed by atoms with Crippen molar-refractivity contribution < 1.29 is 0 Å². The van der Waals surface area contributed by atoms with E-state index in [1.54, 1.807) is 11.3 Å². The molecule has 0 aromatic carbocycles. The van der Waals surface area contributed by atoms with Crippen molar-refractivity contribution in [1.82, 2.24) is 14.9 Å². The quantitative estimate of drug-likeness (QED) is 0.889. The average Bonchev–Trinajstić information content (AvgIpc) is 3.04. The standard InChI is InChI=1S/C15H23N5S/c1-10(9-20-5-3-4-6-20)8-17-13-12-7-11(2)21-14(12)19-15(16)18-13/h7,10H,3-6,8-9H2,1-2H3,(H3,16,17,18,19). The van der Waals surface area contributed by atoms with Gasteiger partial charge in [0.2, 0.25) is 5.95 Å². The van der Waals surface area contributed by atoms with Crippen molar-refractivity contribution in [1.29, 1.82) is 0 Å². The topological polar surface area (TPSA) is 67.1 Å². The lowest BCUT2D eigenvalue weighted by atomic mass is 10.1. The summed E-state index contributed by atoms with van der Waals surface area (Å²) in [7, 11) is 0. The SMILES string of the molecule is Cc1cc2c(NCC(C)CN3CCCC3)nc(N)nc2s1.